The number of aromatic nitrogens is 1. The lowest BCUT2D eigenvalue weighted by molar-refractivity contribution is -0.127. The number of carbonyl (C=O) groups is 2. The summed E-state index contributed by atoms with van der Waals surface area (Å²) in [5, 5.41) is 3.81. The molecular formula is C19H19N3O2. The molecule has 2 amide bonds. The molecule has 1 unspecified atom stereocenters. The first kappa shape index (κ1) is 15.8. The molecule has 0 saturated heterocycles. The van der Waals surface area contributed by atoms with Crippen LogP contribution >= 0.6 is 0 Å². The standard InChI is InChI=1S/C19H19N3O2/c1-13-11-15-9-5-6-10-16(15)22(13)12-17(23)21-18(19(20)24)14-7-3-2-4-8-14/h2-11,18H,12H2,1H3,(H2,20,24)(H,21,23). The molecule has 0 aliphatic carbocycles. The van der Waals surface area contributed by atoms with E-state index in [4.69, 9.17) is 5.73 Å². The molecule has 0 saturated carbocycles. The second kappa shape index (κ2) is 6.58. The van der Waals surface area contributed by atoms with Crippen LogP contribution in [0.25, 0.3) is 10.9 Å². The summed E-state index contributed by atoms with van der Waals surface area (Å²) in [6.45, 7) is 2.09. The van der Waals surface area contributed by atoms with Crippen molar-refractivity contribution in [1.82, 2.24) is 9.88 Å². The maximum atomic E-state index is 12.5. The molecule has 3 rings (SSSR count). The maximum Gasteiger partial charge on any atom is 0.244 e. The Hall–Kier alpha value is -3.08. The first-order valence-corrected chi connectivity index (χ1v) is 7.75. The molecule has 1 aromatic heterocycles. The van der Waals surface area contributed by atoms with Gasteiger partial charge in [0.25, 0.3) is 0 Å². The molecule has 1 heterocycles. The van der Waals surface area contributed by atoms with Crippen molar-refractivity contribution in [3.8, 4) is 0 Å². The smallest absolute Gasteiger partial charge is 0.244 e. The third-order valence-corrected chi connectivity index (χ3v) is 4.04. The first-order valence-electron chi connectivity index (χ1n) is 7.75. The van der Waals surface area contributed by atoms with E-state index in [1.807, 2.05) is 47.9 Å². The summed E-state index contributed by atoms with van der Waals surface area (Å²) >= 11 is 0. The number of primary amides is 1. The van der Waals surface area contributed by atoms with Crippen molar-refractivity contribution >= 4 is 22.7 Å². The van der Waals surface area contributed by atoms with Gasteiger partial charge in [-0.05, 0) is 30.0 Å². The number of amides is 2. The molecule has 3 N–H and O–H groups in total. The molecule has 5 heteroatoms. The van der Waals surface area contributed by atoms with Gasteiger partial charge in [-0.25, -0.2) is 0 Å². The van der Waals surface area contributed by atoms with E-state index in [1.54, 1.807) is 24.3 Å². The Labute approximate surface area is 140 Å². The van der Waals surface area contributed by atoms with Crippen molar-refractivity contribution in [2.24, 2.45) is 5.73 Å². The van der Waals surface area contributed by atoms with Crippen LogP contribution in [0, 0.1) is 6.92 Å². The van der Waals surface area contributed by atoms with Gasteiger partial charge in [0.05, 0.1) is 0 Å². The third kappa shape index (κ3) is 3.15. The largest absolute Gasteiger partial charge is 0.368 e. The van der Waals surface area contributed by atoms with Gasteiger partial charge in [0, 0.05) is 11.2 Å². The predicted octanol–water partition coefficient (Wildman–Crippen LogP) is 2.29. The molecule has 1 atom stereocenters. The zero-order valence-electron chi connectivity index (χ0n) is 13.4. The number of nitrogens with two attached hydrogens (primary N) is 1. The topological polar surface area (TPSA) is 77.1 Å². The number of carbonyl (C=O) groups excluding carboxylic acids is 2. The van der Waals surface area contributed by atoms with Crippen LogP contribution in [0.3, 0.4) is 0 Å². The Balaban J connectivity index is 1.81. The van der Waals surface area contributed by atoms with Crippen molar-refractivity contribution in [1.29, 1.82) is 0 Å². The number of aryl methyl sites for hydroxylation is 1. The van der Waals surface area contributed by atoms with Crippen LogP contribution < -0.4 is 11.1 Å². The highest BCUT2D eigenvalue weighted by Crippen LogP contribution is 2.19. The Morgan fingerprint density at radius 1 is 1.08 bits per heavy atom. The number of rotatable bonds is 5. The van der Waals surface area contributed by atoms with Gasteiger partial charge in [0.1, 0.15) is 12.6 Å². The van der Waals surface area contributed by atoms with Crippen LogP contribution in [0.5, 0.6) is 0 Å². The molecule has 0 fully saturated rings. The summed E-state index contributed by atoms with van der Waals surface area (Å²) in [4.78, 5) is 24.2. The average Bonchev–Trinajstić information content (AvgIpc) is 2.89. The molecule has 0 aliphatic heterocycles. The number of hydrogen-bond donors (Lipinski definition) is 2. The third-order valence-electron chi connectivity index (χ3n) is 4.04. The summed E-state index contributed by atoms with van der Waals surface area (Å²) in [6, 6.07) is 18.1. The van der Waals surface area contributed by atoms with Gasteiger partial charge in [-0.3, -0.25) is 9.59 Å². The Bertz CT molecular complexity index is 884. The fraction of sp³-hybridized carbons (Fsp3) is 0.158. The second-order valence-corrected chi connectivity index (χ2v) is 5.74. The van der Waals surface area contributed by atoms with Crippen LogP contribution in [0.4, 0.5) is 0 Å². The van der Waals surface area contributed by atoms with Crippen molar-refractivity contribution in [3.63, 3.8) is 0 Å². The van der Waals surface area contributed by atoms with Crippen molar-refractivity contribution in [2.45, 2.75) is 19.5 Å². The van der Waals surface area contributed by atoms with Gasteiger partial charge in [-0.15, -0.1) is 0 Å². The van der Waals surface area contributed by atoms with Gasteiger partial charge in [-0.1, -0.05) is 48.5 Å². The highest BCUT2D eigenvalue weighted by Gasteiger charge is 2.20. The summed E-state index contributed by atoms with van der Waals surface area (Å²) < 4.78 is 1.92. The van der Waals surface area contributed by atoms with Crippen molar-refractivity contribution in [3.05, 3.63) is 71.9 Å². The predicted molar refractivity (Wildman–Crippen MR) is 93.2 cm³/mol. The molecule has 5 nitrogen and oxygen atoms in total. The Morgan fingerprint density at radius 2 is 1.75 bits per heavy atom. The average molecular weight is 321 g/mol. The molecule has 0 aliphatic rings. The lowest BCUT2D eigenvalue weighted by Crippen LogP contribution is -2.39. The van der Waals surface area contributed by atoms with Crippen LogP contribution in [-0.4, -0.2) is 16.4 Å². The van der Waals surface area contributed by atoms with E-state index in [9.17, 15) is 9.59 Å². The van der Waals surface area contributed by atoms with Gasteiger partial charge in [0.15, 0.2) is 0 Å². The quantitative estimate of drug-likeness (QED) is 0.756. The molecular weight excluding hydrogens is 302 g/mol. The number of hydrogen-bond acceptors (Lipinski definition) is 2. The minimum atomic E-state index is -0.833. The Kier molecular flexibility index (Phi) is 4.33. The second-order valence-electron chi connectivity index (χ2n) is 5.74. The van der Waals surface area contributed by atoms with Crippen molar-refractivity contribution < 1.29 is 9.59 Å². The fourth-order valence-corrected chi connectivity index (χ4v) is 2.87. The number of para-hydroxylation sites is 1. The SMILES string of the molecule is Cc1cc2ccccc2n1CC(=O)NC(C(N)=O)c1ccccc1. The number of benzene rings is 2. The first-order chi connectivity index (χ1) is 11.6. The van der Waals surface area contributed by atoms with Gasteiger partial charge < -0.3 is 15.6 Å². The molecule has 0 bridgehead atoms. The van der Waals surface area contributed by atoms with Crippen LogP contribution in [0.1, 0.15) is 17.3 Å². The van der Waals surface area contributed by atoms with E-state index in [0.717, 1.165) is 16.6 Å². The van der Waals surface area contributed by atoms with Gasteiger partial charge in [0.2, 0.25) is 11.8 Å². The molecule has 24 heavy (non-hydrogen) atoms. The number of nitrogens with zero attached hydrogens (tertiary/aromatic N) is 1. The minimum absolute atomic E-state index is 0.135. The van der Waals surface area contributed by atoms with Crippen LogP contribution in [-0.2, 0) is 16.1 Å². The van der Waals surface area contributed by atoms with E-state index in [1.165, 1.54) is 0 Å². The normalized spacial score (nSPS) is 12.0. The van der Waals surface area contributed by atoms with Crippen LogP contribution in [0.2, 0.25) is 0 Å². The number of nitrogens with one attached hydrogen (secondary N) is 1. The fourth-order valence-electron chi connectivity index (χ4n) is 2.87. The molecule has 0 spiro atoms. The van der Waals surface area contributed by atoms with E-state index in [-0.39, 0.29) is 12.5 Å². The lowest BCUT2D eigenvalue weighted by Gasteiger charge is -2.17. The number of fused-ring (bicyclic) bond motifs is 1. The zero-order chi connectivity index (χ0) is 17.1. The highest BCUT2D eigenvalue weighted by molar-refractivity contribution is 5.89. The van der Waals surface area contributed by atoms with E-state index < -0.39 is 11.9 Å². The molecule has 122 valence electrons. The minimum Gasteiger partial charge on any atom is -0.368 e. The highest BCUT2D eigenvalue weighted by atomic mass is 16.2. The molecule has 2 aromatic carbocycles. The monoisotopic (exact) mass is 321 g/mol. The van der Waals surface area contributed by atoms with E-state index in [0.29, 0.717) is 5.56 Å². The lowest BCUT2D eigenvalue weighted by atomic mass is 10.1. The van der Waals surface area contributed by atoms with E-state index >= 15 is 0 Å². The summed E-state index contributed by atoms with van der Waals surface area (Å²) in [5.41, 5.74) is 8.10. The summed E-state index contributed by atoms with van der Waals surface area (Å²) in [6.07, 6.45) is 0. The Morgan fingerprint density at radius 3 is 2.46 bits per heavy atom. The van der Waals surface area contributed by atoms with Crippen LogP contribution in [0.15, 0.2) is 60.7 Å². The van der Waals surface area contributed by atoms with Gasteiger partial charge in [-0.2, -0.15) is 0 Å². The molecule has 3 aromatic rings. The summed E-state index contributed by atoms with van der Waals surface area (Å²) in [5.74, 6) is -0.837. The van der Waals surface area contributed by atoms with Gasteiger partial charge >= 0.3 is 0 Å². The van der Waals surface area contributed by atoms with E-state index in [2.05, 4.69) is 5.32 Å². The summed E-state index contributed by atoms with van der Waals surface area (Å²) in [7, 11) is 0. The molecule has 0 radical (unpaired) electrons. The maximum absolute atomic E-state index is 12.5. The van der Waals surface area contributed by atoms with Crippen molar-refractivity contribution in [2.75, 3.05) is 0 Å². The zero-order valence-corrected chi connectivity index (χ0v) is 13.4.